The second-order valence-corrected chi connectivity index (χ2v) is 6.71. The second kappa shape index (κ2) is 9.64. The van der Waals surface area contributed by atoms with Gasteiger partial charge in [-0.1, -0.05) is 48.0 Å². The van der Waals surface area contributed by atoms with Gasteiger partial charge in [-0.2, -0.15) is 0 Å². The van der Waals surface area contributed by atoms with Crippen LogP contribution in [0.3, 0.4) is 0 Å². The molecule has 0 aliphatic carbocycles. The number of halogens is 1. The number of aryl methyl sites for hydroxylation is 1. The first-order valence-electron chi connectivity index (χ1n) is 8.92. The summed E-state index contributed by atoms with van der Waals surface area (Å²) in [5, 5.41) is 5.08. The highest BCUT2D eigenvalue weighted by Gasteiger charge is 2.26. The van der Waals surface area contributed by atoms with Gasteiger partial charge >= 0.3 is 0 Å². The summed E-state index contributed by atoms with van der Waals surface area (Å²) in [5.74, 6) is -2.21. The number of nitrogens with two attached hydrogens (primary N) is 1. The monoisotopic (exact) mass is 385 g/mol. The first-order chi connectivity index (χ1) is 13.3. The Balaban J connectivity index is 2.15. The fourth-order valence-electron chi connectivity index (χ4n) is 2.91. The van der Waals surface area contributed by atoms with Crippen molar-refractivity contribution in [2.45, 2.75) is 38.8 Å². The van der Waals surface area contributed by atoms with E-state index in [9.17, 15) is 18.8 Å². The molecular weight excluding hydrogens is 361 g/mol. The van der Waals surface area contributed by atoms with E-state index < -0.39 is 35.6 Å². The summed E-state index contributed by atoms with van der Waals surface area (Å²) >= 11 is 0. The molecule has 0 saturated heterocycles. The van der Waals surface area contributed by atoms with Crippen molar-refractivity contribution in [2.24, 2.45) is 5.73 Å². The fraction of sp³-hybridized carbons (Fsp3) is 0.286. The van der Waals surface area contributed by atoms with Crippen molar-refractivity contribution >= 4 is 17.7 Å². The summed E-state index contributed by atoms with van der Waals surface area (Å²) < 4.78 is 13.9. The number of rotatable bonds is 8. The number of amides is 3. The number of carbonyl (C=O) groups is 3. The van der Waals surface area contributed by atoms with Gasteiger partial charge < -0.3 is 16.4 Å². The van der Waals surface area contributed by atoms with Gasteiger partial charge in [-0.25, -0.2) is 4.39 Å². The largest absolute Gasteiger partial charge is 0.368 e. The zero-order valence-corrected chi connectivity index (χ0v) is 15.9. The van der Waals surface area contributed by atoms with E-state index in [4.69, 9.17) is 5.73 Å². The van der Waals surface area contributed by atoms with Crippen LogP contribution >= 0.6 is 0 Å². The molecule has 2 aromatic rings. The molecule has 28 heavy (non-hydrogen) atoms. The average molecular weight is 385 g/mol. The maximum Gasteiger partial charge on any atom is 0.243 e. The standard InChI is InChI=1S/C21H24FN3O3/c1-13-6-5-7-15(10-13)11-18(20(23)27)25-21(28)19(24-14(2)26)12-16-8-3-4-9-17(16)22/h3-10,18-19H,11-12H2,1-2H3,(H2,23,27)(H,24,26)(H,25,28)/t18-,19-/m1/s1. The third-order valence-corrected chi connectivity index (χ3v) is 4.26. The molecule has 2 atom stereocenters. The topological polar surface area (TPSA) is 101 Å². The van der Waals surface area contributed by atoms with Crippen LogP contribution in [-0.4, -0.2) is 29.8 Å². The highest BCUT2D eigenvalue weighted by atomic mass is 19.1. The number of nitrogens with one attached hydrogen (secondary N) is 2. The van der Waals surface area contributed by atoms with Crippen LogP contribution in [0, 0.1) is 12.7 Å². The van der Waals surface area contributed by atoms with Crippen molar-refractivity contribution < 1.29 is 18.8 Å². The van der Waals surface area contributed by atoms with E-state index >= 15 is 0 Å². The van der Waals surface area contributed by atoms with Crippen LogP contribution in [0.15, 0.2) is 48.5 Å². The molecule has 0 unspecified atom stereocenters. The van der Waals surface area contributed by atoms with E-state index in [1.54, 1.807) is 6.07 Å². The molecule has 0 aliphatic rings. The molecular formula is C21H24FN3O3. The minimum absolute atomic E-state index is 0.0476. The van der Waals surface area contributed by atoms with Crippen molar-refractivity contribution in [3.63, 3.8) is 0 Å². The Hall–Kier alpha value is -3.22. The van der Waals surface area contributed by atoms with E-state index in [-0.39, 0.29) is 18.4 Å². The van der Waals surface area contributed by atoms with Crippen LogP contribution in [0.25, 0.3) is 0 Å². The van der Waals surface area contributed by atoms with Crippen LogP contribution in [0.1, 0.15) is 23.6 Å². The Labute approximate surface area is 163 Å². The number of hydrogen-bond acceptors (Lipinski definition) is 3. The number of benzene rings is 2. The van der Waals surface area contributed by atoms with Gasteiger partial charge in [0.15, 0.2) is 0 Å². The van der Waals surface area contributed by atoms with Gasteiger partial charge in [-0.15, -0.1) is 0 Å². The molecule has 0 aliphatic heterocycles. The lowest BCUT2D eigenvalue weighted by molar-refractivity contribution is -0.130. The Morgan fingerprint density at radius 2 is 1.71 bits per heavy atom. The smallest absolute Gasteiger partial charge is 0.243 e. The zero-order valence-electron chi connectivity index (χ0n) is 15.9. The quantitative estimate of drug-likeness (QED) is 0.640. The molecule has 148 valence electrons. The van der Waals surface area contributed by atoms with Crippen LogP contribution in [0.5, 0.6) is 0 Å². The van der Waals surface area contributed by atoms with Crippen molar-refractivity contribution in [3.05, 3.63) is 71.0 Å². The molecule has 0 heterocycles. The third kappa shape index (κ3) is 6.19. The first-order valence-corrected chi connectivity index (χ1v) is 8.92. The summed E-state index contributed by atoms with van der Waals surface area (Å²) in [4.78, 5) is 36.1. The van der Waals surface area contributed by atoms with Gasteiger partial charge in [0.05, 0.1) is 0 Å². The van der Waals surface area contributed by atoms with E-state index in [1.165, 1.54) is 25.1 Å². The van der Waals surface area contributed by atoms with Gasteiger partial charge in [-0.3, -0.25) is 14.4 Å². The summed E-state index contributed by atoms with van der Waals surface area (Å²) in [7, 11) is 0. The van der Waals surface area contributed by atoms with E-state index in [2.05, 4.69) is 10.6 Å². The Bertz CT molecular complexity index is 869. The molecule has 2 aromatic carbocycles. The third-order valence-electron chi connectivity index (χ3n) is 4.26. The molecule has 3 amide bonds. The van der Waals surface area contributed by atoms with Gasteiger partial charge in [0, 0.05) is 19.8 Å². The predicted molar refractivity (Wildman–Crippen MR) is 104 cm³/mol. The number of hydrogen-bond donors (Lipinski definition) is 3. The Morgan fingerprint density at radius 1 is 1.00 bits per heavy atom. The summed E-state index contributed by atoms with van der Waals surface area (Å²) in [6.45, 7) is 3.18. The SMILES string of the molecule is CC(=O)N[C@H](Cc1ccccc1F)C(=O)N[C@H](Cc1cccc(C)c1)C(N)=O. The summed E-state index contributed by atoms with van der Waals surface area (Å²) in [5.41, 5.74) is 7.59. The zero-order chi connectivity index (χ0) is 20.7. The molecule has 4 N–H and O–H groups in total. The molecule has 0 aromatic heterocycles. The average Bonchev–Trinajstić information content (AvgIpc) is 2.62. The highest BCUT2D eigenvalue weighted by Crippen LogP contribution is 2.11. The lowest BCUT2D eigenvalue weighted by Gasteiger charge is -2.22. The lowest BCUT2D eigenvalue weighted by atomic mass is 10.0. The van der Waals surface area contributed by atoms with E-state index in [0.29, 0.717) is 0 Å². The van der Waals surface area contributed by atoms with Crippen LogP contribution < -0.4 is 16.4 Å². The van der Waals surface area contributed by atoms with Gasteiger partial charge in [0.2, 0.25) is 17.7 Å². The maximum absolute atomic E-state index is 13.9. The molecule has 0 spiro atoms. The number of carbonyl (C=O) groups excluding carboxylic acids is 3. The Kier molecular flexibility index (Phi) is 7.26. The fourth-order valence-corrected chi connectivity index (χ4v) is 2.91. The normalized spacial score (nSPS) is 12.7. The van der Waals surface area contributed by atoms with E-state index in [1.807, 2.05) is 31.2 Å². The van der Waals surface area contributed by atoms with Gasteiger partial charge in [0.1, 0.15) is 17.9 Å². The van der Waals surface area contributed by atoms with Crippen molar-refractivity contribution in [1.82, 2.24) is 10.6 Å². The summed E-state index contributed by atoms with van der Waals surface area (Å²) in [6.07, 6.45) is 0.170. The van der Waals surface area contributed by atoms with Gasteiger partial charge in [-0.05, 0) is 24.1 Å². The van der Waals surface area contributed by atoms with Crippen molar-refractivity contribution in [2.75, 3.05) is 0 Å². The minimum atomic E-state index is -1.03. The highest BCUT2D eigenvalue weighted by molar-refractivity contribution is 5.91. The first kappa shape index (κ1) is 21.1. The van der Waals surface area contributed by atoms with Crippen LogP contribution in [0.4, 0.5) is 4.39 Å². The minimum Gasteiger partial charge on any atom is -0.368 e. The van der Waals surface area contributed by atoms with Gasteiger partial charge in [0.25, 0.3) is 0 Å². The lowest BCUT2D eigenvalue weighted by Crippen LogP contribution is -2.54. The molecule has 6 nitrogen and oxygen atoms in total. The van der Waals surface area contributed by atoms with Crippen molar-refractivity contribution in [1.29, 1.82) is 0 Å². The maximum atomic E-state index is 13.9. The number of primary amides is 1. The molecule has 0 bridgehead atoms. The summed E-state index contributed by atoms with van der Waals surface area (Å²) in [6, 6.07) is 11.5. The second-order valence-electron chi connectivity index (χ2n) is 6.71. The molecule has 2 rings (SSSR count). The van der Waals surface area contributed by atoms with Crippen molar-refractivity contribution in [3.8, 4) is 0 Å². The molecule has 7 heteroatoms. The van der Waals surface area contributed by atoms with E-state index in [0.717, 1.165) is 11.1 Å². The molecule has 0 fully saturated rings. The Morgan fingerprint density at radius 3 is 2.32 bits per heavy atom. The molecule has 0 saturated carbocycles. The van der Waals surface area contributed by atoms with Crippen LogP contribution in [-0.2, 0) is 27.2 Å². The molecule has 0 radical (unpaired) electrons. The predicted octanol–water partition coefficient (Wildman–Crippen LogP) is 1.39. The van der Waals surface area contributed by atoms with Crippen LogP contribution in [0.2, 0.25) is 0 Å².